The zero-order valence-electron chi connectivity index (χ0n) is 9.92. The van der Waals surface area contributed by atoms with Crippen LogP contribution in [0.5, 0.6) is 0 Å². The molecule has 1 aromatic heterocycles. The molecular weight excluding hydrogens is 230 g/mol. The van der Waals surface area contributed by atoms with Crippen molar-refractivity contribution in [3.05, 3.63) is 30.0 Å². The van der Waals surface area contributed by atoms with Crippen LogP contribution >= 0.6 is 0 Å². The van der Waals surface area contributed by atoms with Gasteiger partial charge in [-0.3, -0.25) is 0 Å². The van der Waals surface area contributed by atoms with Crippen molar-refractivity contribution in [2.24, 2.45) is 5.92 Å². The number of aromatic nitrogens is 2. The summed E-state index contributed by atoms with van der Waals surface area (Å²) in [5.74, 6) is 0.273. The van der Waals surface area contributed by atoms with E-state index in [9.17, 15) is 4.79 Å². The molecule has 5 heteroatoms. The van der Waals surface area contributed by atoms with Crippen molar-refractivity contribution in [1.82, 2.24) is 9.97 Å². The lowest BCUT2D eigenvalue weighted by molar-refractivity contribution is 0.0699. The Bertz CT molecular complexity index is 627. The van der Waals surface area contributed by atoms with E-state index in [4.69, 9.17) is 5.11 Å². The Morgan fingerprint density at radius 2 is 2.28 bits per heavy atom. The van der Waals surface area contributed by atoms with Gasteiger partial charge in [-0.25, -0.2) is 14.8 Å². The first-order chi connectivity index (χ1) is 8.65. The number of aromatic carboxylic acids is 1. The smallest absolute Gasteiger partial charge is 0.336 e. The maximum Gasteiger partial charge on any atom is 0.336 e. The van der Waals surface area contributed by atoms with Crippen molar-refractivity contribution in [3.8, 4) is 0 Å². The zero-order valence-corrected chi connectivity index (χ0v) is 9.92. The molecular formula is C13H13N3O2. The Labute approximate surface area is 104 Å². The lowest BCUT2D eigenvalue weighted by Gasteiger charge is -2.05. The second-order valence-corrected chi connectivity index (χ2v) is 4.70. The summed E-state index contributed by atoms with van der Waals surface area (Å²) in [6.45, 7) is 2.17. The van der Waals surface area contributed by atoms with Crippen molar-refractivity contribution in [3.63, 3.8) is 0 Å². The monoisotopic (exact) mass is 243 g/mol. The van der Waals surface area contributed by atoms with Crippen LogP contribution in [0.3, 0.4) is 0 Å². The van der Waals surface area contributed by atoms with Gasteiger partial charge in [-0.2, -0.15) is 0 Å². The quantitative estimate of drug-likeness (QED) is 0.863. The lowest BCUT2D eigenvalue weighted by Crippen LogP contribution is -2.07. The molecule has 3 rings (SSSR count). The normalized spacial score (nSPS) is 21.8. The third kappa shape index (κ3) is 1.88. The Hall–Kier alpha value is -2.17. The van der Waals surface area contributed by atoms with Crippen LogP contribution in [0.2, 0.25) is 0 Å². The summed E-state index contributed by atoms with van der Waals surface area (Å²) in [7, 11) is 0. The maximum atomic E-state index is 11.1. The Morgan fingerprint density at radius 1 is 1.50 bits per heavy atom. The first kappa shape index (κ1) is 11.0. The van der Waals surface area contributed by atoms with Gasteiger partial charge in [-0.05, 0) is 24.5 Å². The van der Waals surface area contributed by atoms with Crippen molar-refractivity contribution >= 4 is 22.8 Å². The number of benzene rings is 1. The second-order valence-electron chi connectivity index (χ2n) is 4.70. The highest BCUT2D eigenvalue weighted by Gasteiger charge is 2.33. The number of nitrogens with one attached hydrogen (secondary N) is 1. The van der Waals surface area contributed by atoms with E-state index in [0.717, 1.165) is 6.42 Å². The van der Waals surface area contributed by atoms with E-state index >= 15 is 0 Å². The van der Waals surface area contributed by atoms with Gasteiger partial charge in [-0.1, -0.05) is 13.0 Å². The Kier molecular flexibility index (Phi) is 2.40. The van der Waals surface area contributed by atoms with E-state index in [1.807, 2.05) is 0 Å². The molecule has 92 valence electrons. The van der Waals surface area contributed by atoms with Gasteiger partial charge in [0.25, 0.3) is 0 Å². The van der Waals surface area contributed by atoms with Crippen LogP contribution in [0.4, 0.5) is 5.95 Å². The number of carbonyl (C=O) groups is 1. The van der Waals surface area contributed by atoms with Crippen molar-refractivity contribution in [1.29, 1.82) is 0 Å². The number of hydrogen-bond acceptors (Lipinski definition) is 4. The van der Waals surface area contributed by atoms with Gasteiger partial charge in [-0.15, -0.1) is 0 Å². The number of carboxylic acids is 1. The summed E-state index contributed by atoms with van der Waals surface area (Å²) in [4.78, 5) is 19.6. The van der Waals surface area contributed by atoms with E-state index in [-0.39, 0.29) is 5.56 Å². The number of anilines is 1. The highest BCUT2D eigenvalue weighted by molar-refractivity contribution is 6.02. The van der Waals surface area contributed by atoms with Crippen molar-refractivity contribution < 1.29 is 9.90 Å². The van der Waals surface area contributed by atoms with Gasteiger partial charge in [0.1, 0.15) is 0 Å². The van der Waals surface area contributed by atoms with Gasteiger partial charge in [0.05, 0.1) is 11.1 Å². The predicted molar refractivity (Wildman–Crippen MR) is 67.7 cm³/mol. The molecule has 1 aromatic carbocycles. The SMILES string of the molecule is CC1CC1Nc1ncc2c(C(=O)O)cccc2n1. The maximum absolute atomic E-state index is 11.1. The number of carboxylic acid groups (broad SMARTS) is 1. The summed E-state index contributed by atoms with van der Waals surface area (Å²) in [6, 6.07) is 5.50. The molecule has 2 unspecified atom stereocenters. The number of rotatable bonds is 3. The van der Waals surface area contributed by atoms with Crippen LogP contribution in [-0.2, 0) is 0 Å². The number of fused-ring (bicyclic) bond motifs is 1. The molecule has 1 aliphatic carbocycles. The average Bonchev–Trinajstić information content (AvgIpc) is 3.03. The summed E-state index contributed by atoms with van der Waals surface area (Å²) in [5.41, 5.74) is 0.888. The first-order valence-electron chi connectivity index (χ1n) is 5.91. The first-order valence-corrected chi connectivity index (χ1v) is 5.91. The summed E-state index contributed by atoms with van der Waals surface area (Å²) < 4.78 is 0. The molecule has 1 fully saturated rings. The third-order valence-corrected chi connectivity index (χ3v) is 3.28. The third-order valence-electron chi connectivity index (χ3n) is 3.28. The fourth-order valence-corrected chi connectivity index (χ4v) is 2.00. The van der Waals surface area contributed by atoms with E-state index in [2.05, 4.69) is 22.2 Å². The second kappa shape index (κ2) is 3.94. The van der Waals surface area contributed by atoms with Crippen LogP contribution in [0.1, 0.15) is 23.7 Å². The molecule has 0 aliphatic heterocycles. The van der Waals surface area contributed by atoms with Gasteiger partial charge in [0.2, 0.25) is 5.95 Å². The minimum Gasteiger partial charge on any atom is -0.478 e. The fourth-order valence-electron chi connectivity index (χ4n) is 2.00. The number of hydrogen-bond donors (Lipinski definition) is 2. The van der Waals surface area contributed by atoms with Crippen LogP contribution in [0.25, 0.3) is 10.9 Å². The molecule has 0 spiro atoms. The van der Waals surface area contributed by atoms with Crippen LogP contribution < -0.4 is 5.32 Å². The van der Waals surface area contributed by atoms with Crippen LogP contribution in [0.15, 0.2) is 24.4 Å². The van der Waals surface area contributed by atoms with Crippen LogP contribution in [0, 0.1) is 5.92 Å². The van der Waals surface area contributed by atoms with E-state index in [0.29, 0.717) is 28.8 Å². The topological polar surface area (TPSA) is 75.1 Å². The summed E-state index contributed by atoms with van der Waals surface area (Å²) in [5, 5.41) is 12.9. The minimum absolute atomic E-state index is 0.235. The molecule has 1 saturated carbocycles. The molecule has 0 radical (unpaired) electrons. The molecule has 2 atom stereocenters. The molecule has 2 aromatic rings. The van der Waals surface area contributed by atoms with Gasteiger partial charge in [0.15, 0.2) is 0 Å². The highest BCUT2D eigenvalue weighted by atomic mass is 16.4. The van der Waals surface area contributed by atoms with Gasteiger partial charge >= 0.3 is 5.97 Å². The number of nitrogens with zero attached hydrogens (tertiary/aromatic N) is 2. The molecule has 18 heavy (non-hydrogen) atoms. The molecule has 0 amide bonds. The molecule has 2 N–H and O–H groups in total. The Balaban J connectivity index is 1.99. The summed E-state index contributed by atoms with van der Waals surface area (Å²) in [6.07, 6.45) is 2.71. The lowest BCUT2D eigenvalue weighted by atomic mass is 10.1. The molecule has 0 bridgehead atoms. The van der Waals surface area contributed by atoms with E-state index < -0.39 is 5.97 Å². The average molecular weight is 243 g/mol. The van der Waals surface area contributed by atoms with E-state index in [1.165, 1.54) is 0 Å². The minimum atomic E-state index is -0.958. The Morgan fingerprint density at radius 3 is 2.94 bits per heavy atom. The summed E-state index contributed by atoms with van der Waals surface area (Å²) >= 11 is 0. The standard InChI is InChI=1S/C13H13N3O2/c1-7-5-11(7)16-13-14-6-9-8(12(17)18)3-2-4-10(9)15-13/h2-4,6-7,11H,5H2,1H3,(H,17,18)(H,14,15,16). The van der Waals surface area contributed by atoms with Crippen molar-refractivity contribution in [2.75, 3.05) is 5.32 Å². The highest BCUT2D eigenvalue weighted by Crippen LogP contribution is 2.32. The van der Waals surface area contributed by atoms with Crippen LogP contribution in [-0.4, -0.2) is 27.1 Å². The van der Waals surface area contributed by atoms with Crippen molar-refractivity contribution in [2.45, 2.75) is 19.4 Å². The molecule has 5 nitrogen and oxygen atoms in total. The van der Waals surface area contributed by atoms with Gasteiger partial charge < -0.3 is 10.4 Å². The molecule has 1 aliphatic rings. The largest absolute Gasteiger partial charge is 0.478 e. The molecule has 1 heterocycles. The van der Waals surface area contributed by atoms with Gasteiger partial charge in [0, 0.05) is 17.6 Å². The fraction of sp³-hybridized carbons (Fsp3) is 0.308. The zero-order chi connectivity index (χ0) is 12.7. The molecule has 0 saturated heterocycles. The predicted octanol–water partition coefficient (Wildman–Crippen LogP) is 2.15. The van der Waals surface area contributed by atoms with E-state index in [1.54, 1.807) is 24.4 Å².